The number of hydrogen-bond acceptors (Lipinski definition) is 4. The first kappa shape index (κ1) is 9.30. The van der Waals surface area contributed by atoms with Crippen molar-refractivity contribution in [1.29, 1.82) is 0 Å². The van der Waals surface area contributed by atoms with Crippen LogP contribution in [0.2, 0.25) is 0 Å². The second-order valence-electron chi connectivity index (χ2n) is 4.46. The minimum absolute atomic E-state index is 0.696. The summed E-state index contributed by atoms with van der Waals surface area (Å²) in [7, 11) is 0. The number of piperazine rings is 1. The third-order valence-corrected chi connectivity index (χ3v) is 3.20. The molecule has 0 bridgehead atoms. The maximum Gasteiger partial charge on any atom is 0.0999 e. The molecule has 1 aliphatic carbocycles. The molecule has 5 heteroatoms. The van der Waals surface area contributed by atoms with Gasteiger partial charge in [0.05, 0.1) is 11.4 Å². The maximum atomic E-state index is 4.27. The molecule has 0 spiro atoms. The molecule has 0 aromatic carbocycles. The Hall–Kier alpha value is -0.940. The van der Waals surface area contributed by atoms with Crippen LogP contribution in [0.4, 0.5) is 0 Å². The summed E-state index contributed by atoms with van der Waals surface area (Å²) in [6.07, 6.45) is 2.59. The van der Waals surface area contributed by atoms with Gasteiger partial charge in [-0.05, 0) is 12.8 Å². The maximum absolute atomic E-state index is 4.27. The van der Waals surface area contributed by atoms with Crippen molar-refractivity contribution >= 4 is 0 Å². The van der Waals surface area contributed by atoms with Gasteiger partial charge in [-0.15, -0.1) is 0 Å². The highest BCUT2D eigenvalue weighted by Crippen LogP contribution is 2.40. The highest BCUT2D eigenvalue weighted by molar-refractivity contribution is 5.18. The normalized spacial score (nSPS) is 23.2. The lowest BCUT2D eigenvalue weighted by atomic mass is 10.2. The molecular formula is C10H17N5. The molecule has 0 radical (unpaired) electrons. The number of nitrogens with zero attached hydrogens (tertiary/aromatic N) is 3. The average Bonchev–Trinajstić information content (AvgIpc) is 3.02. The third kappa shape index (κ3) is 2.03. The minimum atomic E-state index is 0.696. The first-order valence-corrected chi connectivity index (χ1v) is 5.76. The highest BCUT2D eigenvalue weighted by atomic mass is 15.3. The first-order chi connectivity index (χ1) is 7.43. The van der Waals surface area contributed by atoms with Crippen LogP contribution in [0.25, 0.3) is 0 Å². The number of nitrogens with one attached hydrogen (secondary N) is 2. The molecule has 0 amide bonds. The van der Waals surface area contributed by atoms with Gasteiger partial charge in [-0.2, -0.15) is 15.4 Å². The molecule has 3 rings (SSSR count). The summed E-state index contributed by atoms with van der Waals surface area (Å²) in [6, 6.07) is 0. The van der Waals surface area contributed by atoms with E-state index in [9.17, 15) is 0 Å². The monoisotopic (exact) mass is 207 g/mol. The van der Waals surface area contributed by atoms with Crippen molar-refractivity contribution in [3.05, 3.63) is 11.4 Å². The fourth-order valence-electron chi connectivity index (χ4n) is 2.14. The van der Waals surface area contributed by atoms with Gasteiger partial charge >= 0.3 is 0 Å². The Balaban J connectivity index is 1.67. The summed E-state index contributed by atoms with van der Waals surface area (Å²) in [6.45, 7) is 5.39. The Morgan fingerprint density at radius 2 is 2.00 bits per heavy atom. The summed E-state index contributed by atoms with van der Waals surface area (Å²) in [4.78, 5) is 2.44. The Morgan fingerprint density at radius 1 is 1.20 bits per heavy atom. The highest BCUT2D eigenvalue weighted by Gasteiger charge is 2.29. The van der Waals surface area contributed by atoms with Gasteiger partial charge in [-0.3, -0.25) is 4.90 Å². The molecule has 1 saturated carbocycles. The molecule has 5 nitrogen and oxygen atoms in total. The lowest BCUT2D eigenvalue weighted by Gasteiger charge is -2.26. The first-order valence-electron chi connectivity index (χ1n) is 5.76. The number of aromatic amines is 1. The van der Waals surface area contributed by atoms with Gasteiger partial charge in [-0.1, -0.05) is 0 Å². The quantitative estimate of drug-likeness (QED) is 0.737. The average molecular weight is 207 g/mol. The van der Waals surface area contributed by atoms with E-state index in [2.05, 4.69) is 25.6 Å². The van der Waals surface area contributed by atoms with Crippen molar-refractivity contribution in [2.45, 2.75) is 25.3 Å². The SMILES string of the molecule is C1CN(Cc2n[nH]nc2C2CC2)CCN1. The zero-order valence-electron chi connectivity index (χ0n) is 8.87. The van der Waals surface area contributed by atoms with Crippen molar-refractivity contribution < 1.29 is 0 Å². The van der Waals surface area contributed by atoms with E-state index < -0.39 is 0 Å². The lowest BCUT2D eigenvalue weighted by Crippen LogP contribution is -2.43. The largest absolute Gasteiger partial charge is 0.314 e. The molecule has 0 atom stereocenters. The fourth-order valence-corrected chi connectivity index (χ4v) is 2.14. The van der Waals surface area contributed by atoms with E-state index in [1.165, 1.54) is 24.2 Å². The molecule has 1 aromatic rings. The predicted octanol–water partition coefficient (Wildman–Crippen LogP) is 0.0873. The summed E-state index contributed by atoms with van der Waals surface area (Å²) in [5.74, 6) is 0.696. The third-order valence-electron chi connectivity index (χ3n) is 3.20. The van der Waals surface area contributed by atoms with E-state index in [0.29, 0.717) is 5.92 Å². The summed E-state index contributed by atoms with van der Waals surface area (Å²) < 4.78 is 0. The minimum Gasteiger partial charge on any atom is -0.314 e. The van der Waals surface area contributed by atoms with Crippen molar-refractivity contribution in [2.24, 2.45) is 0 Å². The number of rotatable bonds is 3. The Bertz CT molecular complexity index is 324. The van der Waals surface area contributed by atoms with E-state index in [4.69, 9.17) is 0 Å². The molecule has 2 aliphatic rings. The van der Waals surface area contributed by atoms with Crippen LogP contribution in [0.1, 0.15) is 30.1 Å². The Kier molecular flexibility index (Phi) is 2.42. The molecule has 2 heterocycles. The van der Waals surface area contributed by atoms with Gasteiger partial charge in [0.15, 0.2) is 0 Å². The smallest absolute Gasteiger partial charge is 0.0999 e. The molecule has 1 saturated heterocycles. The van der Waals surface area contributed by atoms with Crippen LogP contribution in [-0.4, -0.2) is 46.5 Å². The molecule has 2 N–H and O–H groups in total. The summed E-state index contributed by atoms with van der Waals surface area (Å²) >= 11 is 0. The van der Waals surface area contributed by atoms with Gasteiger partial charge in [0, 0.05) is 38.6 Å². The van der Waals surface area contributed by atoms with Crippen molar-refractivity contribution in [2.75, 3.05) is 26.2 Å². The van der Waals surface area contributed by atoms with Gasteiger partial charge in [-0.25, -0.2) is 0 Å². The molecule has 2 fully saturated rings. The number of H-pyrrole nitrogens is 1. The molecule has 1 aliphatic heterocycles. The second kappa shape index (κ2) is 3.90. The second-order valence-corrected chi connectivity index (χ2v) is 4.46. The van der Waals surface area contributed by atoms with Gasteiger partial charge in [0.1, 0.15) is 0 Å². The number of aromatic nitrogens is 3. The molecule has 82 valence electrons. The Morgan fingerprint density at radius 3 is 2.73 bits per heavy atom. The molecule has 0 unspecified atom stereocenters. The van der Waals surface area contributed by atoms with E-state index >= 15 is 0 Å². The number of hydrogen-bond donors (Lipinski definition) is 2. The van der Waals surface area contributed by atoms with Gasteiger partial charge in [0.2, 0.25) is 0 Å². The fraction of sp³-hybridized carbons (Fsp3) is 0.800. The van der Waals surface area contributed by atoms with Crippen LogP contribution in [0.3, 0.4) is 0 Å². The van der Waals surface area contributed by atoms with Crippen LogP contribution in [0, 0.1) is 0 Å². The van der Waals surface area contributed by atoms with Crippen LogP contribution in [-0.2, 0) is 6.54 Å². The molecule has 15 heavy (non-hydrogen) atoms. The van der Waals surface area contributed by atoms with E-state index in [1.54, 1.807) is 0 Å². The van der Waals surface area contributed by atoms with Crippen LogP contribution in [0.15, 0.2) is 0 Å². The molecular weight excluding hydrogens is 190 g/mol. The Labute approximate surface area is 89.2 Å². The predicted molar refractivity (Wildman–Crippen MR) is 56.5 cm³/mol. The van der Waals surface area contributed by atoms with E-state index in [-0.39, 0.29) is 0 Å². The lowest BCUT2D eigenvalue weighted by molar-refractivity contribution is 0.230. The van der Waals surface area contributed by atoms with Crippen molar-refractivity contribution in [1.82, 2.24) is 25.6 Å². The summed E-state index contributed by atoms with van der Waals surface area (Å²) in [5.41, 5.74) is 2.38. The zero-order chi connectivity index (χ0) is 10.1. The van der Waals surface area contributed by atoms with Crippen LogP contribution >= 0.6 is 0 Å². The van der Waals surface area contributed by atoms with E-state index in [1.807, 2.05) is 0 Å². The van der Waals surface area contributed by atoms with Crippen LogP contribution in [0.5, 0.6) is 0 Å². The van der Waals surface area contributed by atoms with Crippen LogP contribution < -0.4 is 5.32 Å². The van der Waals surface area contributed by atoms with Gasteiger partial charge in [0.25, 0.3) is 0 Å². The topological polar surface area (TPSA) is 56.8 Å². The van der Waals surface area contributed by atoms with Crippen molar-refractivity contribution in [3.63, 3.8) is 0 Å². The summed E-state index contributed by atoms with van der Waals surface area (Å²) in [5, 5.41) is 14.7. The standard InChI is InChI=1S/C10H17N5/c1-2-8(1)10-9(12-14-13-10)7-15-5-3-11-4-6-15/h8,11H,1-7H2,(H,12,13,14). The zero-order valence-corrected chi connectivity index (χ0v) is 8.87. The van der Waals surface area contributed by atoms with Crippen molar-refractivity contribution in [3.8, 4) is 0 Å². The molecule has 1 aromatic heterocycles. The van der Waals surface area contributed by atoms with E-state index in [0.717, 1.165) is 32.7 Å². The van der Waals surface area contributed by atoms with Gasteiger partial charge < -0.3 is 5.32 Å².